The molecule has 0 spiro atoms. The van der Waals surface area contributed by atoms with Crippen molar-refractivity contribution in [3.63, 3.8) is 0 Å². The van der Waals surface area contributed by atoms with Crippen LogP contribution in [0.15, 0.2) is 24.3 Å². The van der Waals surface area contributed by atoms with E-state index in [1.165, 1.54) is 32.9 Å². The number of ketones is 1. The Labute approximate surface area is 149 Å². The number of benzene rings is 1. The van der Waals surface area contributed by atoms with Crippen molar-refractivity contribution < 1.29 is 37.0 Å². The summed E-state index contributed by atoms with van der Waals surface area (Å²) in [6, 6.07) is 4.55. The number of halogens is 3. The first-order valence-corrected chi connectivity index (χ1v) is 8.12. The Bertz CT molecular complexity index is 636. The third-order valence-electron chi connectivity index (χ3n) is 3.66. The summed E-state index contributed by atoms with van der Waals surface area (Å²) < 4.78 is 49.9. The van der Waals surface area contributed by atoms with Crippen LogP contribution >= 0.6 is 0 Å². The third-order valence-corrected chi connectivity index (χ3v) is 3.66. The molecular formula is C18H21F3O5. The van der Waals surface area contributed by atoms with Gasteiger partial charge < -0.3 is 14.3 Å². The summed E-state index contributed by atoms with van der Waals surface area (Å²) in [7, 11) is 0. The van der Waals surface area contributed by atoms with E-state index in [0.29, 0.717) is 0 Å². The molecule has 0 N–H and O–H groups in total. The average Bonchev–Trinajstić information content (AvgIpc) is 2.53. The number of hydrogen-bond acceptors (Lipinski definition) is 5. The van der Waals surface area contributed by atoms with Crippen LogP contribution in [0, 0.1) is 5.92 Å². The molecule has 1 aromatic rings. The van der Waals surface area contributed by atoms with Crippen LogP contribution < -0.4 is 0 Å². The molecule has 26 heavy (non-hydrogen) atoms. The highest BCUT2D eigenvalue weighted by Crippen LogP contribution is 2.40. The van der Waals surface area contributed by atoms with Gasteiger partial charge in [0.2, 0.25) is 0 Å². The van der Waals surface area contributed by atoms with E-state index in [1.54, 1.807) is 0 Å². The number of hydrogen-bond donors (Lipinski definition) is 0. The molecule has 1 rings (SSSR count). The highest BCUT2D eigenvalue weighted by atomic mass is 19.4. The van der Waals surface area contributed by atoms with Crippen molar-refractivity contribution in [2.75, 3.05) is 13.2 Å². The van der Waals surface area contributed by atoms with E-state index in [1.807, 2.05) is 0 Å². The van der Waals surface area contributed by atoms with E-state index in [0.717, 1.165) is 12.1 Å². The minimum atomic E-state index is -4.71. The maximum Gasteiger partial charge on any atom is 0.416 e. The lowest BCUT2D eigenvalue weighted by Gasteiger charge is -2.26. The van der Waals surface area contributed by atoms with Gasteiger partial charge in [-0.05, 0) is 32.4 Å². The second-order valence-corrected chi connectivity index (χ2v) is 5.58. The molecule has 0 amide bonds. The zero-order valence-corrected chi connectivity index (χ0v) is 14.8. The Balaban J connectivity index is 3.53. The lowest BCUT2D eigenvalue weighted by atomic mass is 9.80. The largest absolute Gasteiger partial charge is 0.465 e. The number of alkyl halides is 3. The van der Waals surface area contributed by atoms with Crippen molar-refractivity contribution in [2.24, 2.45) is 5.92 Å². The lowest BCUT2D eigenvalue weighted by molar-refractivity contribution is -0.163. The Hall–Kier alpha value is -2.38. The van der Waals surface area contributed by atoms with Gasteiger partial charge in [0.05, 0.1) is 18.8 Å². The summed E-state index contributed by atoms with van der Waals surface area (Å²) in [4.78, 5) is 36.3. The predicted octanol–water partition coefficient (Wildman–Crippen LogP) is 3.51. The normalized spacial score (nSPS) is 12.6. The number of carbonyl (C=O) groups is 3. The van der Waals surface area contributed by atoms with E-state index >= 15 is 0 Å². The molecule has 0 aliphatic carbocycles. The van der Waals surface area contributed by atoms with Gasteiger partial charge in [-0.3, -0.25) is 9.59 Å². The summed E-state index contributed by atoms with van der Waals surface area (Å²) in [6.07, 6.45) is -5.14. The van der Waals surface area contributed by atoms with Crippen molar-refractivity contribution in [3.8, 4) is 0 Å². The number of ether oxygens (including phenoxy) is 2. The molecule has 0 aliphatic rings. The van der Waals surface area contributed by atoms with Crippen molar-refractivity contribution >= 4 is 17.7 Å². The summed E-state index contributed by atoms with van der Waals surface area (Å²) in [5, 5.41) is 0. The van der Waals surface area contributed by atoms with Crippen LogP contribution in [0.1, 0.15) is 44.2 Å². The summed E-state index contributed by atoms with van der Waals surface area (Å²) in [5.74, 6) is -5.51. The molecule has 1 atom stereocenters. The fraction of sp³-hybridized carbons (Fsp3) is 0.500. The first-order valence-electron chi connectivity index (χ1n) is 8.12. The maximum atomic E-state index is 13.4. The zero-order chi connectivity index (χ0) is 19.9. The molecule has 0 radical (unpaired) electrons. The maximum absolute atomic E-state index is 13.4. The van der Waals surface area contributed by atoms with Gasteiger partial charge >= 0.3 is 18.1 Å². The van der Waals surface area contributed by atoms with Gasteiger partial charge in [-0.15, -0.1) is 0 Å². The van der Waals surface area contributed by atoms with E-state index < -0.39 is 47.7 Å². The summed E-state index contributed by atoms with van der Waals surface area (Å²) in [5.41, 5.74) is -1.33. The van der Waals surface area contributed by atoms with Crippen molar-refractivity contribution in [1.82, 2.24) is 0 Å². The monoisotopic (exact) mass is 374 g/mol. The quantitative estimate of drug-likeness (QED) is 0.514. The molecule has 0 saturated carbocycles. The highest BCUT2D eigenvalue weighted by Gasteiger charge is 2.43. The van der Waals surface area contributed by atoms with Gasteiger partial charge in [0, 0.05) is 12.3 Å². The van der Waals surface area contributed by atoms with Gasteiger partial charge in [-0.1, -0.05) is 18.2 Å². The molecule has 0 fully saturated rings. The highest BCUT2D eigenvalue weighted by molar-refractivity contribution is 5.97. The van der Waals surface area contributed by atoms with Crippen molar-refractivity contribution in [1.29, 1.82) is 0 Å². The van der Waals surface area contributed by atoms with E-state index in [4.69, 9.17) is 9.47 Å². The topological polar surface area (TPSA) is 69.7 Å². The second-order valence-electron chi connectivity index (χ2n) is 5.58. The zero-order valence-electron chi connectivity index (χ0n) is 14.8. The molecule has 5 nitrogen and oxygen atoms in total. The average molecular weight is 374 g/mol. The molecule has 0 saturated heterocycles. The van der Waals surface area contributed by atoms with E-state index in [2.05, 4.69) is 0 Å². The smallest absolute Gasteiger partial charge is 0.416 e. The summed E-state index contributed by atoms with van der Waals surface area (Å²) >= 11 is 0. The molecule has 0 bridgehead atoms. The van der Waals surface area contributed by atoms with Gasteiger partial charge in [-0.2, -0.15) is 13.2 Å². The van der Waals surface area contributed by atoms with Crippen LogP contribution in [0.4, 0.5) is 13.2 Å². The Kier molecular flexibility index (Phi) is 7.79. The van der Waals surface area contributed by atoms with Crippen LogP contribution in [-0.2, 0) is 30.0 Å². The molecular weight excluding hydrogens is 353 g/mol. The van der Waals surface area contributed by atoms with Crippen LogP contribution in [0.25, 0.3) is 0 Å². The standard InChI is InChI=1S/C18H21F3O5/c1-4-25-16(23)15(17(24)26-5-2)13(10-11(3)22)12-8-6-7-9-14(12)18(19,20)21/h6-9,13,15H,4-5,10H2,1-3H3/t13-/m1/s1. The van der Waals surface area contributed by atoms with Crippen molar-refractivity contribution in [2.45, 2.75) is 39.3 Å². The predicted molar refractivity (Wildman–Crippen MR) is 86.2 cm³/mol. The number of esters is 2. The SMILES string of the molecule is CCOC(=O)C(C(=O)OCC)[C@H](CC(C)=O)c1ccccc1C(F)(F)F. The molecule has 0 heterocycles. The fourth-order valence-electron chi connectivity index (χ4n) is 2.68. The molecule has 0 aliphatic heterocycles. The molecule has 8 heteroatoms. The van der Waals surface area contributed by atoms with Gasteiger partial charge in [0.1, 0.15) is 5.78 Å². The molecule has 0 unspecified atom stereocenters. The Morgan fingerprint density at radius 2 is 1.50 bits per heavy atom. The first kappa shape index (κ1) is 21.7. The van der Waals surface area contributed by atoms with Crippen LogP contribution in [-0.4, -0.2) is 30.9 Å². The molecule has 144 valence electrons. The Morgan fingerprint density at radius 3 is 1.92 bits per heavy atom. The van der Waals surface area contributed by atoms with Crippen LogP contribution in [0.3, 0.4) is 0 Å². The number of Topliss-reactive ketones (excluding diaryl/α,β-unsaturated/α-hetero) is 1. The van der Waals surface area contributed by atoms with Crippen LogP contribution in [0.5, 0.6) is 0 Å². The van der Waals surface area contributed by atoms with Gasteiger partial charge in [0.15, 0.2) is 5.92 Å². The second kappa shape index (κ2) is 9.35. The van der Waals surface area contributed by atoms with Gasteiger partial charge in [-0.25, -0.2) is 0 Å². The fourth-order valence-corrected chi connectivity index (χ4v) is 2.68. The Morgan fingerprint density at radius 1 is 1.00 bits per heavy atom. The minimum Gasteiger partial charge on any atom is -0.465 e. The molecule has 1 aromatic carbocycles. The van der Waals surface area contributed by atoms with Gasteiger partial charge in [0.25, 0.3) is 0 Å². The molecule has 0 aromatic heterocycles. The summed E-state index contributed by atoms with van der Waals surface area (Å²) in [6.45, 7) is 4.05. The number of carbonyl (C=O) groups excluding carboxylic acids is 3. The van der Waals surface area contributed by atoms with E-state index in [-0.39, 0.29) is 18.8 Å². The minimum absolute atomic E-state index is 0.0670. The van der Waals surface area contributed by atoms with Crippen LogP contribution in [0.2, 0.25) is 0 Å². The van der Waals surface area contributed by atoms with E-state index in [9.17, 15) is 27.6 Å². The third kappa shape index (κ3) is 5.57. The number of rotatable bonds is 8. The van der Waals surface area contributed by atoms with Crippen molar-refractivity contribution in [3.05, 3.63) is 35.4 Å². The lowest BCUT2D eigenvalue weighted by Crippen LogP contribution is -2.35. The first-order chi connectivity index (χ1) is 12.1.